The van der Waals surface area contributed by atoms with Crippen molar-refractivity contribution in [1.82, 2.24) is 4.31 Å². The Hall–Kier alpha value is -1.65. The third-order valence-electron chi connectivity index (χ3n) is 3.70. The molecule has 1 aliphatic rings. The molecule has 3 nitrogen and oxygen atoms in total. The van der Waals surface area contributed by atoms with Crippen molar-refractivity contribution < 1.29 is 8.42 Å². The number of nitrogens with zero attached hydrogens (tertiary/aromatic N) is 1. The average Bonchev–Trinajstić information content (AvgIpc) is 2.38. The van der Waals surface area contributed by atoms with E-state index < -0.39 is 10.0 Å². The quantitative estimate of drug-likeness (QED) is 0.867. The Kier molecular flexibility index (Phi) is 3.59. The Balaban J connectivity index is 1.79. The van der Waals surface area contributed by atoms with Gasteiger partial charge in [0.2, 0.25) is 10.0 Å². The van der Waals surface area contributed by atoms with Gasteiger partial charge in [0.1, 0.15) is 0 Å². The Morgan fingerprint density at radius 3 is 2.10 bits per heavy atom. The largest absolute Gasteiger partial charge is 0.218 e. The lowest BCUT2D eigenvalue weighted by Crippen LogP contribution is -2.45. The van der Waals surface area contributed by atoms with Crippen LogP contribution >= 0.6 is 0 Å². The maximum absolute atomic E-state index is 12.5. The fraction of sp³-hybridized carbons (Fsp3) is 0.250. The summed E-state index contributed by atoms with van der Waals surface area (Å²) in [6.45, 7) is 0.620. The Morgan fingerprint density at radius 1 is 0.950 bits per heavy atom. The molecule has 0 bridgehead atoms. The zero-order valence-corrected chi connectivity index (χ0v) is 12.0. The van der Waals surface area contributed by atoms with Crippen LogP contribution in [0.2, 0.25) is 0 Å². The molecule has 1 saturated heterocycles. The molecule has 2 aromatic carbocycles. The normalized spacial score (nSPS) is 19.5. The SMILES string of the molecule is O=S(=O)(Cc1ccccc1)N1CC[C@H]1c1ccccc1. The summed E-state index contributed by atoms with van der Waals surface area (Å²) < 4.78 is 26.6. The van der Waals surface area contributed by atoms with Crippen molar-refractivity contribution in [3.05, 3.63) is 71.8 Å². The maximum Gasteiger partial charge on any atom is 0.218 e. The van der Waals surface area contributed by atoms with Gasteiger partial charge in [-0.25, -0.2) is 8.42 Å². The highest BCUT2D eigenvalue weighted by molar-refractivity contribution is 7.88. The van der Waals surface area contributed by atoms with Crippen LogP contribution in [-0.2, 0) is 15.8 Å². The van der Waals surface area contributed by atoms with Crippen LogP contribution in [0.3, 0.4) is 0 Å². The van der Waals surface area contributed by atoms with Gasteiger partial charge in [0.15, 0.2) is 0 Å². The van der Waals surface area contributed by atoms with Crippen molar-refractivity contribution in [3.63, 3.8) is 0 Å². The predicted molar refractivity (Wildman–Crippen MR) is 79.6 cm³/mol. The topological polar surface area (TPSA) is 37.4 Å². The number of rotatable bonds is 4. The molecular weight excluding hydrogens is 270 g/mol. The third-order valence-corrected chi connectivity index (χ3v) is 5.55. The Bertz CT molecular complexity index is 668. The van der Waals surface area contributed by atoms with Crippen LogP contribution in [0.15, 0.2) is 60.7 Å². The number of hydrogen-bond acceptors (Lipinski definition) is 2. The van der Waals surface area contributed by atoms with Crippen molar-refractivity contribution in [2.75, 3.05) is 6.54 Å². The van der Waals surface area contributed by atoms with Gasteiger partial charge in [-0.15, -0.1) is 0 Å². The van der Waals surface area contributed by atoms with E-state index in [1.807, 2.05) is 60.7 Å². The van der Waals surface area contributed by atoms with Gasteiger partial charge in [0.05, 0.1) is 11.8 Å². The van der Waals surface area contributed by atoms with Crippen LogP contribution in [0.4, 0.5) is 0 Å². The van der Waals surface area contributed by atoms with Crippen LogP contribution in [0.5, 0.6) is 0 Å². The smallest absolute Gasteiger partial charge is 0.212 e. The van der Waals surface area contributed by atoms with E-state index in [4.69, 9.17) is 0 Å². The molecule has 20 heavy (non-hydrogen) atoms. The highest BCUT2D eigenvalue weighted by atomic mass is 32.2. The molecule has 0 spiro atoms. The summed E-state index contributed by atoms with van der Waals surface area (Å²) in [6, 6.07) is 19.2. The molecule has 0 aromatic heterocycles. The van der Waals surface area contributed by atoms with E-state index in [2.05, 4.69) is 0 Å². The number of hydrogen-bond donors (Lipinski definition) is 0. The molecule has 3 rings (SSSR count). The molecule has 0 aliphatic carbocycles. The predicted octanol–water partition coefficient (Wildman–Crippen LogP) is 2.96. The van der Waals surface area contributed by atoms with Crippen LogP contribution in [0.25, 0.3) is 0 Å². The first-order chi connectivity index (χ1) is 9.67. The van der Waals surface area contributed by atoms with E-state index in [1.54, 1.807) is 4.31 Å². The first kappa shape index (κ1) is 13.3. The van der Waals surface area contributed by atoms with Gasteiger partial charge in [-0.1, -0.05) is 60.7 Å². The summed E-state index contributed by atoms with van der Waals surface area (Å²) in [5.74, 6) is 0.0805. The number of benzene rings is 2. The minimum absolute atomic E-state index is 0.00455. The van der Waals surface area contributed by atoms with E-state index in [9.17, 15) is 8.42 Å². The second kappa shape index (κ2) is 5.38. The molecule has 0 unspecified atom stereocenters. The second-order valence-corrected chi connectivity index (χ2v) is 6.99. The minimum Gasteiger partial charge on any atom is -0.212 e. The molecule has 1 atom stereocenters. The fourth-order valence-corrected chi connectivity index (χ4v) is 4.35. The molecule has 2 aromatic rings. The zero-order chi connectivity index (χ0) is 14.0. The summed E-state index contributed by atoms with van der Waals surface area (Å²) in [7, 11) is -3.24. The fourth-order valence-electron chi connectivity index (χ4n) is 2.57. The lowest BCUT2D eigenvalue weighted by molar-refractivity contribution is 0.202. The third kappa shape index (κ3) is 2.62. The molecule has 0 saturated carbocycles. The van der Waals surface area contributed by atoms with Crippen LogP contribution in [0.1, 0.15) is 23.6 Å². The summed E-state index contributed by atoms with van der Waals surface area (Å²) in [5, 5.41) is 0. The van der Waals surface area contributed by atoms with Crippen molar-refractivity contribution in [1.29, 1.82) is 0 Å². The zero-order valence-electron chi connectivity index (χ0n) is 11.1. The average molecular weight is 287 g/mol. The molecule has 0 radical (unpaired) electrons. The van der Waals surface area contributed by atoms with Gasteiger partial charge in [-0.05, 0) is 17.5 Å². The van der Waals surface area contributed by atoms with E-state index >= 15 is 0 Å². The van der Waals surface area contributed by atoms with Crippen molar-refractivity contribution in [2.45, 2.75) is 18.2 Å². The van der Waals surface area contributed by atoms with Crippen molar-refractivity contribution >= 4 is 10.0 Å². The van der Waals surface area contributed by atoms with Crippen LogP contribution < -0.4 is 0 Å². The molecule has 1 fully saturated rings. The first-order valence-electron chi connectivity index (χ1n) is 6.75. The van der Waals surface area contributed by atoms with E-state index in [0.29, 0.717) is 6.54 Å². The summed E-state index contributed by atoms with van der Waals surface area (Å²) in [5.41, 5.74) is 1.92. The summed E-state index contributed by atoms with van der Waals surface area (Å²) in [6.07, 6.45) is 0.901. The molecule has 1 heterocycles. The summed E-state index contributed by atoms with van der Waals surface area (Å²) >= 11 is 0. The van der Waals surface area contributed by atoms with Crippen molar-refractivity contribution in [3.8, 4) is 0 Å². The van der Waals surface area contributed by atoms with E-state index in [1.165, 1.54) is 0 Å². The Labute approximate surface area is 119 Å². The summed E-state index contributed by atoms with van der Waals surface area (Å²) in [4.78, 5) is 0. The molecule has 0 amide bonds. The lowest BCUT2D eigenvalue weighted by atomic mass is 9.98. The van der Waals surface area contributed by atoms with Gasteiger partial charge >= 0.3 is 0 Å². The first-order valence-corrected chi connectivity index (χ1v) is 8.36. The highest BCUT2D eigenvalue weighted by Gasteiger charge is 2.38. The number of sulfonamides is 1. The standard InChI is InChI=1S/C16H17NO2S/c18-20(19,13-14-7-3-1-4-8-14)17-12-11-16(17)15-9-5-2-6-10-15/h1-10,16H,11-13H2/t16-/m0/s1. The highest BCUT2D eigenvalue weighted by Crippen LogP contribution is 2.36. The van der Waals surface area contributed by atoms with Gasteiger partial charge < -0.3 is 0 Å². The van der Waals surface area contributed by atoms with Gasteiger partial charge in [0, 0.05) is 6.54 Å². The molecule has 1 aliphatic heterocycles. The van der Waals surface area contributed by atoms with E-state index in [-0.39, 0.29) is 11.8 Å². The molecule has 0 N–H and O–H groups in total. The van der Waals surface area contributed by atoms with E-state index in [0.717, 1.165) is 17.5 Å². The Morgan fingerprint density at radius 2 is 1.55 bits per heavy atom. The second-order valence-electron chi connectivity index (χ2n) is 5.07. The lowest BCUT2D eigenvalue weighted by Gasteiger charge is -2.40. The minimum atomic E-state index is -3.24. The van der Waals surface area contributed by atoms with Crippen LogP contribution in [0, 0.1) is 0 Å². The molecular formula is C16H17NO2S. The van der Waals surface area contributed by atoms with Crippen molar-refractivity contribution in [2.24, 2.45) is 0 Å². The van der Waals surface area contributed by atoms with Gasteiger partial charge in [-0.3, -0.25) is 0 Å². The van der Waals surface area contributed by atoms with Gasteiger partial charge in [-0.2, -0.15) is 4.31 Å². The maximum atomic E-state index is 12.5. The molecule has 4 heteroatoms. The monoisotopic (exact) mass is 287 g/mol. The van der Waals surface area contributed by atoms with Crippen LogP contribution in [-0.4, -0.2) is 19.3 Å². The van der Waals surface area contributed by atoms with Gasteiger partial charge in [0.25, 0.3) is 0 Å². The molecule has 104 valence electrons.